The van der Waals surface area contributed by atoms with Crippen molar-refractivity contribution in [2.45, 2.75) is 4.90 Å². The van der Waals surface area contributed by atoms with Gasteiger partial charge in [-0.25, -0.2) is 13.1 Å². The Bertz CT molecular complexity index is 459. The summed E-state index contributed by atoms with van der Waals surface area (Å²) >= 11 is 0. The van der Waals surface area contributed by atoms with Gasteiger partial charge in [-0.05, 0) is 7.05 Å². The molecule has 0 atom stereocenters. The van der Waals surface area contributed by atoms with E-state index in [9.17, 15) is 8.42 Å². The zero-order valence-electron chi connectivity index (χ0n) is 10.5. The maximum absolute atomic E-state index is 11.8. The van der Waals surface area contributed by atoms with E-state index in [1.54, 1.807) is 7.11 Å². The summed E-state index contributed by atoms with van der Waals surface area (Å²) in [5.41, 5.74) is 5.46. The molecule has 9 heteroatoms. The Kier molecular flexibility index (Phi) is 5.54. The fraction of sp³-hybridized carbons (Fsp3) is 0.667. The largest absolute Gasteiger partial charge is 0.383 e. The van der Waals surface area contributed by atoms with E-state index in [1.165, 1.54) is 6.20 Å². The van der Waals surface area contributed by atoms with Crippen LogP contribution in [0.4, 0.5) is 5.82 Å². The Morgan fingerprint density at radius 1 is 1.56 bits per heavy atom. The van der Waals surface area contributed by atoms with Gasteiger partial charge in [0.25, 0.3) is 0 Å². The van der Waals surface area contributed by atoms with Gasteiger partial charge in [-0.3, -0.25) is 5.10 Å². The highest BCUT2D eigenvalue weighted by atomic mass is 32.2. The maximum Gasteiger partial charge on any atom is 0.245 e. The lowest BCUT2D eigenvalue weighted by Crippen LogP contribution is -2.34. The Morgan fingerprint density at radius 2 is 2.28 bits per heavy atom. The van der Waals surface area contributed by atoms with E-state index < -0.39 is 10.0 Å². The van der Waals surface area contributed by atoms with Crippen LogP contribution in [-0.2, 0) is 14.8 Å². The van der Waals surface area contributed by atoms with Gasteiger partial charge in [0.1, 0.15) is 10.7 Å². The summed E-state index contributed by atoms with van der Waals surface area (Å²) in [5.74, 6) is 0.0373. The number of nitrogens with two attached hydrogens (primary N) is 1. The van der Waals surface area contributed by atoms with Crippen molar-refractivity contribution in [1.29, 1.82) is 0 Å². The molecule has 8 nitrogen and oxygen atoms in total. The fourth-order valence-corrected chi connectivity index (χ4v) is 2.35. The molecule has 0 aliphatic carbocycles. The highest BCUT2D eigenvalue weighted by Crippen LogP contribution is 2.12. The first-order chi connectivity index (χ1) is 8.47. The van der Waals surface area contributed by atoms with Crippen LogP contribution in [0, 0.1) is 0 Å². The fourth-order valence-electron chi connectivity index (χ4n) is 1.31. The van der Waals surface area contributed by atoms with E-state index in [0.717, 1.165) is 6.54 Å². The molecule has 1 aromatic heterocycles. The lowest BCUT2D eigenvalue weighted by Gasteiger charge is -2.16. The van der Waals surface area contributed by atoms with Crippen LogP contribution in [0.2, 0.25) is 0 Å². The second kappa shape index (κ2) is 6.69. The van der Waals surface area contributed by atoms with Crippen LogP contribution in [0.25, 0.3) is 0 Å². The number of aromatic amines is 1. The minimum atomic E-state index is -3.59. The quantitative estimate of drug-likeness (QED) is 0.553. The molecule has 0 aliphatic rings. The molecule has 1 aromatic rings. The van der Waals surface area contributed by atoms with Crippen molar-refractivity contribution in [3.05, 3.63) is 6.20 Å². The molecule has 0 amide bonds. The second-order valence-corrected chi connectivity index (χ2v) is 5.58. The van der Waals surface area contributed by atoms with Crippen molar-refractivity contribution in [3.63, 3.8) is 0 Å². The van der Waals surface area contributed by atoms with Crippen LogP contribution in [0.5, 0.6) is 0 Å². The zero-order valence-corrected chi connectivity index (χ0v) is 11.3. The number of ether oxygens (including phenoxy) is 1. The van der Waals surface area contributed by atoms with Crippen LogP contribution in [-0.4, -0.2) is 63.9 Å². The number of aromatic nitrogens is 2. The average Bonchev–Trinajstić information content (AvgIpc) is 2.73. The van der Waals surface area contributed by atoms with Gasteiger partial charge in [0, 0.05) is 26.7 Å². The number of methoxy groups -OCH3 is 1. The average molecular weight is 277 g/mol. The van der Waals surface area contributed by atoms with Gasteiger partial charge in [0.2, 0.25) is 10.0 Å². The predicted molar refractivity (Wildman–Crippen MR) is 67.6 cm³/mol. The standard InChI is InChI=1S/C9H19N5O3S/c1-14(5-6-17-2)4-3-12-18(15,16)8-7-11-13-9(8)10/h7,12H,3-6H2,1-2H3,(H3,10,11,13). The van der Waals surface area contributed by atoms with E-state index in [4.69, 9.17) is 10.5 Å². The first-order valence-corrected chi connectivity index (χ1v) is 6.91. The summed E-state index contributed by atoms with van der Waals surface area (Å²) in [6, 6.07) is 0. The van der Waals surface area contributed by atoms with Crippen molar-refractivity contribution < 1.29 is 13.2 Å². The SMILES string of the molecule is COCCN(C)CCNS(=O)(=O)c1cn[nH]c1N. The molecule has 0 radical (unpaired) electrons. The molecule has 4 N–H and O–H groups in total. The number of anilines is 1. The number of H-pyrrole nitrogens is 1. The molecular weight excluding hydrogens is 258 g/mol. The van der Waals surface area contributed by atoms with Gasteiger partial charge in [-0.2, -0.15) is 5.10 Å². The van der Waals surface area contributed by atoms with Gasteiger partial charge in [0.05, 0.1) is 12.8 Å². The van der Waals surface area contributed by atoms with Crippen LogP contribution in [0.1, 0.15) is 0 Å². The highest BCUT2D eigenvalue weighted by Gasteiger charge is 2.18. The first kappa shape index (κ1) is 14.9. The normalized spacial score (nSPS) is 12.2. The minimum Gasteiger partial charge on any atom is -0.383 e. The molecule has 1 rings (SSSR count). The number of nitrogens with zero attached hydrogens (tertiary/aromatic N) is 2. The molecule has 104 valence electrons. The van der Waals surface area contributed by atoms with Gasteiger partial charge >= 0.3 is 0 Å². The Labute approximate surface area is 107 Å². The van der Waals surface area contributed by atoms with Crippen LogP contribution in [0.15, 0.2) is 11.1 Å². The number of rotatable bonds is 8. The van der Waals surface area contributed by atoms with E-state index in [1.807, 2.05) is 11.9 Å². The first-order valence-electron chi connectivity index (χ1n) is 5.43. The summed E-state index contributed by atoms with van der Waals surface area (Å²) in [5, 5.41) is 5.96. The van der Waals surface area contributed by atoms with Crippen molar-refractivity contribution >= 4 is 15.8 Å². The third-order valence-corrected chi connectivity index (χ3v) is 3.87. The molecule has 18 heavy (non-hydrogen) atoms. The molecule has 0 spiro atoms. The minimum absolute atomic E-state index is 0.0259. The van der Waals surface area contributed by atoms with E-state index in [0.29, 0.717) is 19.7 Å². The summed E-state index contributed by atoms with van der Waals surface area (Å²) in [7, 11) is -0.0788. The Balaban J connectivity index is 2.42. The van der Waals surface area contributed by atoms with Gasteiger partial charge < -0.3 is 15.4 Å². The number of likely N-dealkylation sites (N-methyl/N-ethyl adjacent to an activating group) is 1. The Hall–Kier alpha value is -1.16. The van der Waals surface area contributed by atoms with Gasteiger partial charge in [-0.1, -0.05) is 0 Å². The lowest BCUT2D eigenvalue weighted by molar-refractivity contribution is 0.162. The molecule has 0 saturated carbocycles. The van der Waals surface area contributed by atoms with Gasteiger partial charge in [-0.15, -0.1) is 0 Å². The number of hydrogen-bond acceptors (Lipinski definition) is 6. The van der Waals surface area contributed by atoms with E-state index in [-0.39, 0.29) is 10.7 Å². The summed E-state index contributed by atoms with van der Waals surface area (Å²) in [6.07, 6.45) is 1.19. The maximum atomic E-state index is 11.8. The second-order valence-electron chi connectivity index (χ2n) is 3.84. The third kappa shape index (κ3) is 4.26. The molecule has 0 aliphatic heterocycles. The van der Waals surface area contributed by atoms with Crippen molar-refractivity contribution in [2.75, 3.05) is 46.1 Å². The molecule has 0 aromatic carbocycles. The van der Waals surface area contributed by atoms with Crippen molar-refractivity contribution in [1.82, 2.24) is 19.8 Å². The van der Waals surface area contributed by atoms with Crippen LogP contribution < -0.4 is 10.5 Å². The molecule has 0 fully saturated rings. The third-order valence-electron chi connectivity index (χ3n) is 2.38. The number of nitrogen functional groups attached to an aromatic ring is 1. The number of nitrogens with one attached hydrogen (secondary N) is 2. The van der Waals surface area contributed by atoms with Crippen LogP contribution >= 0.6 is 0 Å². The summed E-state index contributed by atoms with van der Waals surface area (Å²) in [4.78, 5) is 1.94. The molecular formula is C9H19N5O3S. The predicted octanol–water partition coefficient (Wildman–Crippen LogP) is -1.15. The van der Waals surface area contributed by atoms with E-state index >= 15 is 0 Å². The molecule has 1 heterocycles. The topological polar surface area (TPSA) is 113 Å². The lowest BCUT2D eigenvalue weighted by atomic mass is 10.5. The molecule has 0 bridgehead atoms. The zero-order chi connectivity index (χ0) is 13.6. The number of hydrogen-bond donors (Lipinski definition) is 3. The smallest absolute Gasteiger partial charge is 0.245 e. The van der Waals surface area contributed by atoms with Crippen LogP contribution in [0.3, 0.4) is 0 Å². The van der Waals surface area contributed by atoms with Gasteiger partial charge in [0.15, 0.2) is 0 Å². The summed E-state index contributed by atoms with van der Waals surface area (Å²) < 4.78 is 31.0. The monoisotopic (exact) mass is 277 g/mol. The summed E-state index contributed by atoms with van der Waals surface area (Å²) in [6.45, 7) is 2.23. The molecule has 0 saturated heterocycles. The highest BCUT2D eigenvalue weighted by molar-refractivity contribution is 7.89. The number of sulfonamides is 1. The molecule has 0 unspecified atom stereocenters. The van der Waals surface area contributed by atoms with Crippen molar-refractivity contribution in [3.8, 4) is 0 Å². The van der Waals surface area contributed by atoms with E-state index in [2.05, 4.69) is 14.9 Å². The Morgan fingerprint density at radius 3 is 2.83 bits per heavy atom. The van der Waals surface area contributed by atoms with Crippen molar-refractivity contribution in [2.24, 2.45) is 0 Å².